The van der Waals surface area contributed by atoms with Gasteiger partial charge in [0.05, 0.1) is 5.69 Å². The molecule has 2 aromatic rings. The molecule has 0 saturated heterocycles. The third-order valence-corrected chi connectivity index (χ3v) is 3.37. The molecule has 4 N–H and O–H groups in total. The fourth-order valence-electron chi connectivity index (χ4n) is 2.09. The number of amides is 1. The Balaban J connectivity index is 2.14. The van der Waals surface area contributed by atoms with Crippen LogP contribution in [0.1, 0.15) is 28.4 Å². The summed E-state index contributed by atoms with van der Waals surface area (Å²) in [6.45, 7) is 2.61. The van der Waals surface area contributed by atoms with Crippen molar-refractivity contribution >= 4 is 11.6 Å². The summed E-state index contributed by atoms with van der Waals surface area (Å²) < 4.78 is 0. The molecular weight excluding hydrogens is 264 g/mol. The van der Waals surface area contributed by atoms with Crippen LogP contribution in [0.25, 0.3) is 0 Å². The van der Waals surface area contributed by atoms with E-state index in [1.54, 1.807) is 24.3 Å². The Morgan fingerprint density at radius 2 is 1.81 bits per heavy atom. The number of hydrogen-bond donors (Lipinski definition) is 3. The first-order chi connectivity index (χ1) is 10.1. The van der Waals surface area contributed by atoms with Gasteiger partial charge in [0.25, 0.3) is 5.91 Å². The smallest absolute Gasteiger partial charge is 0.255 e. The summed E-state index contributed by atoms with van der Waals surface area (Å²) in [6, 6.07) is 12.5. The third-order valence-electron chi connectivity index (χ3n) is 3.37. The molecule has 0 unspecified atom stereocenters. The maximum Gasteiger partial charge on any atom is 0.255 e. The highest BCUT2D eigenvalue weighted by Gasteiger charge is 2.09. The molecule has 0 aromatic heterocycles. The minimum Gasteiger partial charge on any atom is -0.506 e. The summed E-state index contributed by atoms with van der Waals surface area (Å²) >= 11 is 0. The third kappa shape index (κ3) is 3.83. The molecule has 4 heteroatoms. The Labute approximate surface area is 124 Å². The number of rotatable bonds is 5. The fourth-order valence-corrected chi connectivity index (χ4v) is 2.09. The van der Waals surface area contributed by atoms with Gasteiger partial charge in [0, 0.05) is 5.56 Å². The number of carbonyl (C=O) groups excluding carboxylic acids is 1. The van der Waals surface area contributed by atoms with E-state index in [0.717, 1.165) is 24.0 Å². The second-order valence-corrected chi connectivity index (χ2v) is 4.89. The molecule has 0 aliphatic heterocycles. The van der Waals surface area contributed by atoms with Crippen molar-refractivity contribution in [2.75, 3.05) is 11.9 Å². The molecule has 0 aliphatic rings. The highest BCUT2D eigenvalue weighted by Crippen LogP contribution is 2.25. The Bertz CT molecular complexity index is 621. The van der Waals surface area contributed by atoms with E-state index in [-0.39, 0.29) is 11.7 Å². The zero-order chi connectivity index (χ0) is 15.2. The Hall–Kier alpha value is -2.33. The summed E-state index contributed by atoms with van der Waals surface area (Å²) in [5, 5.41) is 12.6. The lowest BCUT2D eigenvalue weighted by Crippen LogP contribution is -2.12. The zero-order valence-corrected chi connectivity index (χ0v) is 12.1. The predicted octanol–water partition coefficient (Wildman–Crippen LogP) is 2.71. The van der Waals surface area contributed by atoms with Crippen molar-refractivity contribution in [3.05, 3.63) is 59.2 Å². The average molecular weight is 284 g/mol. The number of nitrogens with two attached hydrogens (primary N) is 1. The summed E-state index contributed by atoms with van der Waals surface area (Å²) in [4.78, 5) is 12.2. The van der Waals surface area contributed by atoms with Crippen LogP contribution in [-0.2, 0) is 12.8 Å². The highest BCUT2D eigenvalue weighted by atomic mass is 16.3. The quantitative estimate of drug-likeness (QED) is 0.739. The van der Waals surface area contributed by atoms with E-state index in [9.17, 15) is 9.90 Å². The number of carbonyl (C=O) groups is 1. The number of nitrogens with one attached hydrogen (secondary N) is 1. The summed E-state index contributed by atoms with van der Waals surface area (Å²) in [5.41, 5.74) is 8.64. The van der Waals surface area contributed by atoms with Gasteiger partial charge >= 0.3 is 0 Å². The van der Waals surface area contributed by atoms with Crippen molar-refractivity contribution in [3.63, 3.8) is 0 Å². The molecule has 0 spiro atoms. The zero-order valence-electron chi connectivity index (χ0n) is 12.1. The van der Waals surface area contributed by atoms with Crippen LogP contribution in [0.3, 0.4) is 0 Å². The van der Waals surface area contributed by atoms with E-state index >= 15 is 0 Å². The Kier molecular flexibility index (Phi) is 4.95. The van der Waals surface area contributed by atoms with Crippen LogP contribution < -0.4 is 11.1 Å². The van der Waals surface area contributed by atoms with Gasteiger partial charge < -0.3 is 16.2 Å². The summed E-state index contributed by atoms with van der Waals surface area (Å²) in [7, 11) is 0. The number of phenolic OH excluding ortho intramolecular Hbond substituents is 1. The van der Waals surface area contributed by atoms with Gasteiger partial charge in [-0.05, 0) is 54.8 Å². The SMILES string of the molecule is CCc1ccc(O)c(NC(=O)c2ccc(CCN)cc2)c1. The first-order valence-electron chi connectivity index (χ1n) is 7.06. The molecule has 0 atom stereocenters. The minimum absolute atomic E-state index is 0.0697. The lowest BCUT2D eigenvalue weighted by molar-refractivity contribution is 0.102. The number of hydrogen-bond acceptors (Lipinski definition) is 3. The van der Waals surface area contributed by atoms with Crippen molar-refractivity contribution in [3.8, 4) is 5.75 Å². The van der Waals surface area contributed by atoms with E-state index in [1.807, 2.05) is 25.1 Å². The van der Waals surface area contributed by atoms with E-state index in [4.69, 9.17) is 5.73 Å². The van der Waals surface area contributed by atoms with E-state index in [0.29, 0.717) is 17.8 Å². The summed E-state index contributed by atoms with van der Waals surface area (Å²) in [6.07, 6.45) is 1.64. The molecule has 0 saturated carbocycles. The van der Waals surface area contributed by atoms with Crippen LogP contribution >= 0.6 is 0 Å². The molecule has 0 bridgehead atoms. The van der Waals surface area contributed by atoms with E-state index in [2.05, 4.69) is 5.32 Å². The number of aromatic hydroxyl groups is 1. The first kappa shape index (κ1) is 15.1. The first-order valence-corrected chi connectivity index (χ1v) is 7.06. The lowest BCUT2D eigenvalue weighted by Gasteiger charge is -2.09. The van der Waals surface area contributed by atoms with Crippen molar-refractivity contribution in [1.82, 2.24) is 0 Å². The van der Waals surface area contributed by atoms with Crippen LogP contribution in [0, 0.1) is 0 Å². The van der Waals surface area contributed by atoms with Gasteiger partial charge in [0.2, 0.25) is 0 Å². The standard InChI is InChI=1S/C17H20N2O2/c1-2-12-5-8-16(20)15(11-12)19-17(21)14-6-3-13(4-7-14)9-10-18/h3-8,11,20H,2,9-10,18H2,1H3,(H,19,21). The maximum absolute atomic E-state index is 12.2. The van der Waals surface area contributed by atoms with Crippen molar-refractivity contribution in [2.24, 2.45) is 5.73 Å². The topological polar surface area (TPSA) is 75.3 Å². The molecule has 0 aliphatic carbocycles. The van der Waals surface area contributed by atoms with Crippen LogP contribution in [0.15, 0.2) is 42.5 Å². The molecule has 0 heterocycles. The van der Waals surface area contributed by atoms with Gasteiger partial charge in [0.15, 0.2) is 0 Å². The lowest BCUT2D eigenvalue weighted by atomic mass is 10.1. The Morgan fingerprint density at radius 1 is 1.14 bits per heavy atom. The van der Waals surface area contributed by atoms with Crippen molar-refractivity contribution in [1.29, 1.82) is 0 Å². The van der Waals surface area contributed by atoms with Crippen molar-refractivity contribution < 1.29 is 9.90 Å². The summed E-state index contributed by atoms with van der Waals surface area (Å²) in [5.74, 6) is -0.168. The number of anilines is 1. The Morgan fingerprint density at radius 3 is 2.43 bits per heavy atom. The van der Waals surface area contributed by atoms with Gasteiger partial charge in [-0.3, -0.25) is 4.79 Å². The van der Waals surface area contributed by atoms with E-state index < -0.39 is 0 Å². The van der Waals surface area contributed by atoms with Crippen LogP contribution in [0.5, 0.6) is 5.75 Å². The second kappa shape index (κ2) is 6.90. The predicted molar refractivity (Wildman–Crippen MR) is 84.6 cm³/mol. The molecular formula is C17H20N2O2. The van der Waals surface area contributed by atoms with Gasteiger partial charge in [-0.15, -0.1) is 0 Å². The van der Waals surface area contributed by atoms with Gasteiger partial charge in [0.1, 0.15) is 5.75 Å². The molecule has 2 aromatic carbocycles. The second-order valence-electron chi connectivity index (χ2n) is 4.89. The number of benzene rings is 2. The monoisotopic (exact) mass is 284 g/mol. The molecule has 110 valence electrons. The highest BCUT2D eigenvalue weighted by molar-refractivity contribution is 6.05. The van der Waals surface area contributed by atoms with Gasteiger partial charge in [-0.25, -0.2) is 0 Å². The molecule has 0 fully saturated rings. The van der Waals surface area contributed by atoms with Crippen LogP contribution in [0.4, 0.5) is 5.69 Å². The van der Waals surface area contributed by atoms with Gasteiger partial charge in [-0.1, -0.05) is 25.1 Å². The normalized spacial score (nSPS) is 10.4. The molecule has 2 rings (SSSR count). The largest absolute Gasteiger partial charge is 0.506 e. The molecule has 0 radical (unpaired) electrons. The average Bonchev–Trinajstić information content (AvgIpc) is 2.50. The molecule has 1 amide bonds. The number of phenols is 1. The van der Waals surface area contributed by atoms with Crippen LogP contribution in [-0.4, -0.2) is 17.6 Å². The van der Waals surface area contributed by atoms with Crippen LogP contribution in [0.2, 0.25) is 0 Å². The maximum atomic E-state index is 12.2. The molecule has 21 heavy (non-hydrogen) atoms. The fraction of sp³-hybridized carbons (Fsp3) is 0.235. The molecule has 4 nitrogen and oxygen atoms in total. The number of aryl methyl sites for hydroxylation is 1. The van der Waals surface area contributed by atoms with E-state index in [1.165, 1.54) is 0 Å². The van der Waals surface area contributed by atoms with Crippen molar-refractivity contribution in [2.45, 2.75) is 19.8 Å². The minimum atomic E-state index is -0.238. The van der Waals surface area contributed by atoms with Gasteiger partial charge in [-0.2, -0.15) is 0 Å².